The number of halogens is 1. The fourth-order valence-corrected chi connectivity index (χ4v) is 1.84. The number of nitrogens with zero attached hydrogens (tertiary/aromatic N) is 1. The van der Waals surface area contributed by atoms with E-state index in [1.807, 2.05) is 12.1 Å². The molecule has 1 aliphatic rings. The summed E-state index contributed by atoms with van der Waals surface area (Å²) in [6.07, 6.45) is 0. The molecule has 0 aromatic carbocycles. The number of pyridine rings is 1. The van der Waals surface area contributed by atoms with Crippen molar-refractivity contribution in [2.24, 2.45) is 0 Å². The highest BCUT2D eigenvalue weighted by atomic mass is 79.9. The average Bonchev–Trinajstić information content (AvgIpc) is 2.19. The molecule has 0 saturated carbocycles. The molecule has 1 fully saturated rings. The van der Waals surface area contributed by atoms with Crippen LogP contribution in [0.5, 0.6) is 0 Å². The minimum absolute atomic E-state index is 0.353. The summed E-state index contributed by atoms with van der Waals surface area (Å²) in [6.45, 7) is 3.02. The summed E-state index contributed by atoms with van der Waals surface area (Å²) in [7, 11) is 0. The smallest absolute Gasteiger partial charge is 0.106 e. The number of piperazine rings is 1. The lowest BCUT2D eigenvalue weighted by molar-refractivity contribution is 0.423. The van der Waals surface area contributed by atoms with E-state index in [2.05, 4.69) is 37.6 Å². The van der Waals surface area contributed by atoms with Crippen LogP contribution >= 0.6 is 15.9 Å². The van der Waals surface area contributed by atoms with E-state index in [-0.39, 0.29) is 0 Å². The molecule has 0 unspecified atom stereocenters. The zero-order valence-electron chi connectivity index (χ0n) is 7.26. The number of nitrogens with one attached hydrogen (secondary N) is 2. The summed E-state index contributed by atoms with van der Waals surface area (Å²) in [6, 6.07) is 6.36. The standard InChI is InChI=1S/C9H12BrN3/c10-9-3-1-2-7(13-9)8-6-11-4-5-12-8/h1-3,8,11-12H,4-6H2/t8-/m1/s1. The molecule has 2 heterocycles. The fraction of sp³-hybridized carbons (Fsp3) is 0.444. The summed E-state index contributed by atoms with van der Waals surface area (Å²) in [5, 5.41) is 6.75. The lowest BCUT2D eigenvalue weighted by Crippen LogP contribution is -2.42. The number of rotatable bonds is 1. The van der Waals surface area contributed by atoms with Crippen molar-refractivity contribution in [3.8, 4) is 0 Å². The zero-order valence-corrected chi connectivity index (χ0v) is 8.84. The molecule has 0 spiro atoms. The van der Waals surface area contributed by atoms with Gasteiger partial charge in [-0.2, -0.15) is 0 Å². The molecule has 0 amide bonds. The van der Waals surface area contributed by atoms with E-state index >= 15 is 0 Å². The lowest BCUT2D eigenvalue weighted by Gasteiger charge is -2.23. The van der Waals surface area contributed by atoms with Crippen molar-refractivity contribution < 1.29 is 0 Å². The maximum Gasteiger partial charge on any atom is 0.106 e. The van der Waals surface area contributed by atoms with E-state index in [9.17, 15) is 0 Å². The first kappa shape index (κ1) is 9.12. The maximum absolute atomic E-state index is 4.41. The third-order valence-corrected chi connectivity index (χ3v) is 2.58. The van der Waals surface area contributed by atoms with Crippen LogP contribution < -0.4 is 10.6 Å². The minimum Gasteiger partial charge on any atom is -0.314 e. The quantitative estimate of drug-likeness (QED) is 0.723. The first-order valence-corrected chi connectivity index (χ1v) is 5.22. The summed E-state index contributed by atoms with van der Waals surface area (Å²) >= 11 is 3.37. The Morgan fingerprint density at radius 2 is 2.31 bits per heavy atom. The van der Waals surface area contributed by atoms with Crippen LogP contribution in [-0.4, -0.2) is 24.6 Å². The zero-order chi connectivity index (χ0) is 9.10. The summed E-state index contributed by atoms with van der Waals surface area (Å²) < 4.78 is 0.900. The van der Waals surface area contributed by atoms with Crippen molar-refractivity contribution in [2.75, 3.05) is 19.6 Å². The second kappa shape index (κ2) is 4.17. The van der Waals surface area contributed by atoms with Gasteiger partial charge in [0.05, 0.1) is 11.7 Å². The van der Waals surface area contributed by atoms with Crippen LogP contribution in [0.15, 0.2) is 22.8 Å². The van der Waals surface area contributed by atoms with Gasteiger partial charge in [0.1, 0.15) is 4.60 Å². The van der Waals surface area contributed by atoms with Crippen LogP contribution in [0.4, 0.5) is 0 Å². The molecule has 1 aromatic rings. The number of hydrogen-bond donors (Lipinski definition) is 2. The molecule has 4 heteroatoms. The van der Waals surface area contributed by atoms with Gasteiger partial charge in [-0.05, 0) is 28.1 Å². The first-order chi connectivity index (χ1) is 6.36. The van der Waals surface area contributed by atoms with Gasteiger partial charge in [-0.1, -0.05) is 6.07 Å². The normalized spacial score (nSPS) is 23.0. The molecular formula is C9H12BrN3. The van der Waals surface area contributed by atoms with Crippen molar-refractivity contribution >= 4 is 15.9 Å². The summed E-state index contributed by atoms with van der Waals surface area (Å²) in [4.78, 5) is 4.41. The Labute approximate surface area is 86.1 Å². The highest BCUT2D eigenvalue weighted by molar-refractivity contribution is 9.10. The van der Waals surface area contributed by atoms with Crippen molar-refractivity contribution in [1.29, 1.82) is 0 Å². The Balaban J connectivity index is 2.14. The Morgan fingerprint density at radius 3 is 3.00 bits per heavy atom. The van der Waals surface area contributed by atoms with Gasteiger partial charge in [0.2, 0.25) is 0 Å². The van der Waals surface area contributed by atoms with Crippen LogP contribution in [0.2, 0.25) is 0 Å². The molecule has 1 saturated heterocycles. The predicted octanol–water partition coefficient (Wildman–Crippen LogP) is 1.08. The first-order valence-electron chi connectivity index (χ1n) is 4.43. The highest BCUT2D eigenvalue weighted by Crippen LogP contribution is 2.14. The predicted molar refractivity (Wildman–Crippen MR) is 55.6 cm³/mol. The van der Waals surface area contributed by atoms with Gasteiger partial charge < -0.3 is 10.6 Å². The van der Waals surface area contributed by atoms with Gasteiger partial charge in [0.15, 0.2) is 0 Å². The maximum atomic E-state index is 4.41. The third-order valence-electron chi connectivity index (χ3n) is 2.13. The van der Waals surface area contributed by atoms with Crippen LogP contribution in [-0.2, 0) is 0 Å². The molecule has 0 bridgehead atoms. The van der Waals surface area contributed by atoms with E-state index in [1.165, 1.54) is 0 Å². The van der Waals surface area contributed by atoms with Crippen molar-refractivity contribution in [3.63, 3.8) is 0 Å². The molecule has 1 atom stereocenters. The van der Waals surface area contributed by atoms with Crippen molar-refractivity contribution in [3.05, 3.63) is 28.5 Å². The SMILES string of the molecule is Brc1cccc([C@H]2CNCCN2)n1. The molecule has 1 aromatic heterocycles. The monoisotopic (exact) mass is 241 g/mol. The van der Waals surface area contributed by atoms with Gasteiger partial charge >= 0.3 is 0 Å². The van der Waals surface area contributed by atoms with Crippen LogP contribution in [0.25, 0.3) is 0 Å². The van der Waals surface area contributed by atoms with Gasteiger partial charge in [-0.3, -0.25) is 0 Å². The average molecular weight is 242 g/mol. The van der Waals surface area contributed by atoms with Crippen LogP contribution in [0.1, 0.15) is 11.7 Å². The van der Waals surface area contributed by atoms with Gasteiger partial charge in [-0.25, -0.2) is 4.98 Å². The van der Waals surface area contributed by atoms with Crippen LogP contribution in [0.3, 0.4) is 0 Å². The molecule has 0 aliphatic carbocycles. The van der Waals surface area contributed by atoms with Gasteiger partial charge in [0.25, 0.3) is 0 Å². The van der Waals surface area contributed by atoms with Crippen molar-refractivity contribution in [2.45, 2.75) is 6.04 Å². The van der Waals surface area contributed by atoms with E-state index in [1.54, 1.807) is 0 Å². The lowest BCUT2D eigenvalue weighted by atomic mass is 10.1. The Kier molecular flexibility index (Phi) is 2.93. The Bertz CT molecular complexity index is 284. The van der Waals surface area contributed by atoms with Crippen LogP contribution in [0, 0.1) is 0 Å². The Morgan fingerprint density at radius 1 is 1.38 bits per heavy atom. The molecular weight excluding hydrogens is 230 g/mol. The van der Waals surface area contributed by atoms with Gasteiger partial charge in [-0.15, -0.1) is 0 Å². The molecule has 13 heavy (non-hydrogen) atoms. The van der Waals surface area contributed by atoms with E-state index < -0.39 is 0 Å². The molecule has 0 radical (unpaired) electrons. The number of aromatic nitrogens is 1. The number of hydrogen-bond acceptors (Lipinski definition) is 3. The van der Waals surface area contributed by atoms with E-state index in [0.29, 0.717) is 6.04 Å². The minimum atomic E-state index is 0.353. The Hall–Kier alpha value is -0.450. The van der Waals surface area contributed by atoms with Crippen molar-refractivity contribution in [1.82, 2.24) is 15.6 Å². The molecule has 1 aliphatic heterocycles. The second-order valence-electron chi connectivity index (χ2n) is 3.10. The summed E-state index contributed by atoms with van der Waals surface area (Å²) in [5.41, 5.74) is 1.10. The summed E-state index contributed by atoms with van der Waals surface area (Å²) in [5.74, 6) is 0. The topological polar surface area (TPSA) is 37.0 Å². The van der Waals surface area contributed by atoms with E-state index in [0.717, 1.165) is 29.9 Å². The molecule has 3 nitrogen and oxygen atoms in total. The molecule has 70 valence electrons. The van der Waals surface area contributed by atoms with Gasteiger partial charge in [0, 0.05) is 19.6 Å². The highest BCUT2D eigenvalue weighted by Gasteiger charge is 2.14. The fourth-order valence-electron chi connectivity index (χ4n) is 1.48. The molecule has 2 N–H and O–H groups in total. The largest absolute Gasteiger partial charge is 0.314 e. The van der Waals surface area contributed by atoms with E-state index in [4.69, 9.17) is 0 Å². The third kappa shape index (κ3) is 2.27. The second-order valence-corrected chi connectivity index (χ2v) is 3.91. The molecule has 2 rings (SSSR count).